The van der Waals surface area contributed by atoms with Crippen LogP contribution >= 0.6 is 23.2 Å². The standard InChI is InChI=1S/C15H15Cl2NO/c1-9-3-6-14(18)10(2)15(9)19-8-11-7-12(16)4-5-13(11)17/h3-7H,8,18H2,1-2H3. The molecule has 0 aliphatic heterocycles. The second-order valence-corrected chi connectivity index (χ2v) is 5.29. The van der Waals surface area contributed by atoms with E-state index in [-0.39, 0.29) is 0 Å². The average Bonchev–Trinajstić information content (AvgIpc) is 2.38. The third kappa shape index (κ3) is 3.14. The normalized spacial score (nSPS) is 10.5. The van der Waals surface area contributed by atoms with Crippen molar-refractivity contribution in [2.75, 3.05) is 5.73 Å². The van der Waals surface area contributed by atoms with Crippen molar-refractivity contribution in [3.05, 3.63) is 57.1 Å². The molecule has 0 amide bonds. The Kier molecular flexibility index (Phi) is 4.23. The molecule has 0 aliphatic rings. The number of aryl methyl sites for hydroxylation is 1. The summed E-state index contributed by atoms with van der Waals surface area (Å²) in [5.74, 6) is 0.802. The van der Waals surface area contributed by atoms with E-state index in [0.717, 1.165) is 28.1 Å². The van der Waals surface area contributed by atoms with Crippen molar-refractivity contribution >= 4 is 28.9 Å². The van der Waals surface area contributed by atoms with Crippen LogP contribution < -0.4 is 10.5 Å². The van der Waals surface area contributed by atoms with Gasteiger partial charge >= 0.3 is 0 Å². The van der Waals surface area contributed by atoms with Gasteiger partial charge in [0, 0.05) is 26.9 Å². The first-order chi connectivity index (χ1) is 8.99. The molecule has 4 heteroatoms. The van der Waals surface area contributed by atoms with Gasteiger partial charge in [0.15, 0.2) is 0 Å². The van der Waals surface area contributed by atoms with E-state index >= 15 is 0 Å². The second kappa shape index (κ2) is 5.72. The number of ether oxygens (including phenoxy) is 1. The number of anilines is 1. The molecule has 0 aliphatic carbocycles. The summed E-state index contributed by atoms with van der Waals surface area (Å²) in [7, 11) is 0. The van der Waals surface area contributed by atoms with E-state index in [4.69, 9.17) is 33.7 Å². The first-order valence-electron chi connectivity index (χ1n) is 5.91. The van der Waals surface area contributed by atoms with Crippen molar-refractivity contribution in [1.82, 2.24) is 0 Å². The fourth-order valence-corrected chi connectivity index (χ4v) is 2.24. The lowest BCUT2D eigenvalue weighted by Crippen LogP contribution is -2.01. The van der Waals surface area contributed by atoms with Crippen LogP contribution in [0.15, 0.2) is 30.3 Å². The number of hydrogen-bond donors (Lipinski definition) is 1. The third-order valence-electron chi connectivity index (χ3n) is 3.02. The van der Waals surface area contributed by atoms with Gasteiger partial charge in [0.2, 0.25) is 0 Å². The van der Waals surface area contributed by atoms with Crippen molar-refractivity contribution in [3.8, 4) is 5.75 Å². The number of halogens is 2. The van der Waals surface area contributed by atoms with Gasteiger partial charge in [0.25, 0.3) is 0 Å². The monoisotopic (exact) mass is 295 g/mol. The minimum atomic E-state index is 0.366. The quantitative estimate of drug-likeness (QED) is 0.828. The van der Waals surface area contributed by atoms with Gasteiger partial charge in [-0.05, 0) is 43.7 Å². The minimum Gasteiger partial charge on any atom is -0.488 e. The number of rotatable bonds is 3. The molecule has 2 nitrogen and oxygen atoms in total. The first kappa shape index (κ1) is 14.0. The molecule has 0 spiro atoms. The van der Waals surface area contributed by atoms with Crippen LogP contribution in [0.25, 0.3) is 0 Å². The highest BCUT2D eigenvalue weighted by molar-refractivity contribution is 6.33. The van der Waals surface area contributed by atoms with Gasteiger partial charge in [0.1, 0.15) is 12.4 Å². The molecule has 0 radical (unpaired) electrons. The lowest BCUT2D eigenvalue weighted by molar-refractivity contribution is 0.302. The van der Waals surface area contributed by atoms with Crippen molar-refractivity contribution in [3.63, 3.8) is 0 Å². The van der Waals surface area contributed by atoms with Crippen LogP contribution in [0.1, 0.15) is 16.7 Å². The zero-order chi connectivity index (χ0) is 14.0. The summed E-state index contributed by atoms with van der Waals surface area (Å²) in [6.07, 6.45) is 0. The summed E-state index contributed by atoms with van der Waals surface area (Å²) >= 11 is 12.1. The van der Waals surface area contributed by atoms with E-state index in [0.29, 0.717) is 16.7 Å². The maximum absolute atomic E-state index is 6.11. The van der Waals surface area contributed by atoms with Crippen molar-refractivity contribution < 1.29 is 4.74 Å². The predicted octanol–water partition coefficient (Wildman–Crippen LogP) is 4.77. The Bertz CT molecular complexity index is 611. The second-order valence-electron chi connectivity index (χ2n) is 4.45. The molecule has 2 N–H and O–H groups in total. The van der Waals surface area contributed by atoms with Crippen LogP contribution in [0, 0.1) is 13.8 Å². The average molecular weight is 296 g/mol. The Balaban J connectivity index is 2.24. The van der Waals surface area contributed by atoms with E-state index in [2.05, 4.69) is 0 Å². The Morgan fingerprint density at radius 3 is 2.58 bits per heavy atom. The topological polar surface area (TPSA) is 35.2 Å². The zero-order valence-corrected chi connectivity index (χ0v) is 12.3. The van der Waals surface area contributed by atoms with Gasteiger partial charge in [-0.15, -0.1) is 0 Å². The molecular weight excluding hydrogens is 281 g/mol. The Morgan fingerprint density at radius 1 is 1.11 bits per heavy atom. The van der Waals surface area contributed by atoms with Gasteiger partial charge in [-0.1, -0.05) is 29.3 Å². The molecule has 0 unspecified atom stereocenters. The van der Waals surface area contributed by atoms with Crippen molar-refractivity contribution in [1.29, 1.82) is 0 Å². The molecule has 0 fully saturated rings. The van der Waals surface area contributed by atoms with Crippen molar-refractivity contribution in [2.45, 2.75) is 20.5 Å². The molecule has 0 saturated carbocycles. The lowest BCUT2D eigenvalue weighted by Gasteiger charge is -2.14. The number of nitrogens with two attached hydrogens (primary N) is 1. The fourth-order valence-electron chi connectivity index (χ4n) is 1.87. The summed E-state index contributed by atoms with van der Waals surface area (Å²) in [6, 6.07) is 9.15. The van der Waals surface area contributed by atoms with E-state index < -0.39 is 0 Å². The van der Waals surface area contributed by atoms with Gasteiger partial charge < -0.3 is 10.5 Å². The summed E-state index contributed by atoms with van der Waals surface area (Å²) < 4.78 is 5.85. The van der Waals surface area contributed by atoms with Crippen LogP contribution in [-0.4, -0.2) is 0 Å². The molecule has 2 rings (SSSR count). The van der Waals surface area contributed by atoms with Crippen LogP contribution in [0.5, 0.6) is 5.75 Å². The fraction of sp³-hybridized carbons (Fsp3) is 0.200. The Labute approximate surface area is 123 Å². The largest absolute Gasteiger partial charge is 0.488 e. The number of hydrogen-bond acceptors (Lipinski definition) is 2. The number of nitrogen functional groups attached to an aromatic ring is 1. The third-order valence-corrected chi connectivity index (χ3v) is 3.63. The highest BCUT2D eigenvalue weighted by Crippen LogP contribution is 2.29. The SMILES string of the molecule is Cc1ccc(N)c(C)c1OCc1cc(Cl)ccc1Cl. The maximum atomic E-state index is 6.11. The summed E-state index contributed by atoms with van der Waals surface area (Å²) in [5.41, 5.74) is 9.45. The number of benzene rings is 2. The molecule has 0 atom stereocenters. The van der Waals surface area contributed by atoms with E-state index in [1.165, 1.54) is 0 Å². The highest BCUT2D eigenvalue weighted by Gasteiger charge is 2.09. The lowest BCUT2D eigenvalue weighted by atomic mass is 10.1. The van der Waals surface area contributed by atoms with Gasteiger partial charge in [-0.2, -0.15) is 0 Å². The van der Waals surface area contributed by atoms with Gasteiger partial charge in [-0.25, -0.2) is 0 Å². The highest BCUT2D eigenvalue weighted by atomic mass is 35.5. The predicted molar refractivity (Wildman–Crippen MR) is 81.1 cm³/mol. The molecule has 0 heterocycles. The molecular formula is C15H15Cl2NO. The smallest absolute Gasteiger partial charge is 0.127 e. The zero-order valence-electron chi connectivity index (χ0n) is 10.8. The molecule has 0 aromatic heterocycles. The minimum absolute atomic E-state index is 0.366. The van der Waals surface area contributed by atoms with Gasteiger partial charge in [0.05, 0.1) is 0 Å². The summed E-state index contributed by atoms with van der Waals surface area (Å²) in [4.78, 5) is 0. The summed E-state index contributed by atoms with van der Waals surface area (Å²) in [5, 5.41) is 1.28. The Morgan fingerprint density at radius 2 is 1.84 bits per heavy atom. The summed E-state index contributed by atoms with van der Waals surface area (Å²) in [6.45, 7) is 4.29. The van der Waals surface area contributed by atoms with Gasteiger partial charge in [-0.3, -0.25) is 0 Å². The van der Waals surface area contributed by atoms with Crippen LogP contribution in [-0.2, 0) is 6.61 Å². The van der Waals surface area contributed by atoms with E-state index in [9.17, 15) is 0 Å². The molecule has 19 heavy (non-hydrogen) atoms. The van der Waals surface area contributed by atoms with Crippen LogP contribution in [0.2, 0.25) is 10.0 Å². The first-order valence-corrected chi connectivity index (χ1v) is 6.67. The van der Waals surface area contributed by atoms with Crippen LogP contribution in [0.3, 0.4) is 0 Å². The van der Waals surface area contributed by atoms with E-state index in [1.807, 2.05) is 26.0 Å². The van der Waals surface area contributed by atoms with Crippen molar-refractivity contribution in [2.24, 2.45) is 0 Å². The molecule has 2 aromatic carbocycles. The molecule has 0 bridgehead atoms. The molecule has 100 valence electrons. The Hall–Kier alpha value is -1.38. The van der Waals surface area contributed by atoms with Crippen LogP contribution in [0.4, 0.5) is 5.69 Å². The van der Waals surface area contributed by atoms with E-state index in [1.54, 1.807) is 18.2 Å². The molecule has 0 saturated heterocycles. The molecule has 2 aromatic rings. The maximum Gasteiger partial charge on any atom is 0.127 e.